The fraction of sp³-hybridized carbons (Fsp3) is 0.100. The minimum atomic E-state index is -0.218. The SMILES string of the molecule is O=C(COc1ccc(Cl)cc1)N(Cc1ccco1)c1nc2ccc(Br)cc2s1. The maximum absolute atomic E-state index is 12.9. The monoisotopic (exact) mass is 476 g/mol. The Morgan fingerprint density at radius 3 is 2.79 bits per heavy atom. The summed E-state index contributed by atoms with van der Waals surface area (Å²) in [7, 11) is 0. The normalized spacial score (nSPS) is 10.9. The average Bonchev–Trinajstić information content (AvgIpc) is 3.34. The van der Waals surface area contributed by atoms with E-state index in [0.29, 0.717) is 21.7 Å². The van der Waals surface area contributed by atoms with E-state index in [2.05, 4.69) is 20.9 Å². The Labute approximate surface area is 178 Å². The van der Waals surface area contributed by atoms with E-state index < -0.39 is 0 Å². The second kappa shape index (κ2) is 8.34. The molecule has 0 atom stereocenters. The number of furan rings is 1. The lowest BCUT2D eigenvalue weighted by Gasteiger charge is -2.19. The summed E-state index contributed by atoms with van der Waals surface area (Å²) < 4.78 is 13.0. The van der Waals surface area contributed by atoms with E-state index in [-0.39, 0.29) is 19.1 Å². The van der Waals surface area contributed by atoms with Crippen molar-refractivity contribution in [3.8, 4) is 5.75 Å². The highest BCUT2D eigenvalue weighted by Gasteiger charge is 2.22. The molecule has 8 heteroatoms. The number of benzene rings is 2. The molecule has 0 aliphatic carbocycles. The van der Waals surface area contributed by atoms with Gasteiger partial charge in [-0.3, -0.25) is 9.69 Å². The van der Waals surface area contributed by atoms with Gasteiger partial charge < -0.3 is 9.15 Å². The van der Waals surface area contributed by atoms with Gasteiger partial charge in [0.1, 0.15) is 11.5 Å². The van der Waals surface area contributed by atoms with Crippen LogP contribution in [-0.2, 0) is 11.3 Å². The number of rotatable bonds is 6. The molecule has 0 bridgehead atoms. The van der Waals surface area contributed by atoms with E-state index in [9.17, 15) is 4.79 Å². The zero-order valence-electron chi connectivity index (χ0n) is 14.5. The third-order valence-corrected chi connectivity index (χ3v) is 5.73. The smallest absolute Gasteiger partial charge is 0.267 e. The van der Waals surface area contributed by atoms with Crippen LogP contribution >= 0.6 is 38.9 Å². The van der Waals surface area contributed by atoms with Gasteiger partial charge in [0, 0.05) is 9.50 Å². The third kappa shape index (κ3) is 4.38. The Kier molecular flexibility index (Phi) is 5.66. The van der Waals surface area contributed by atoms with Gasteiger partial charge >= 0.3 is 0 Å². The molecule has 5 nitrogen and oxygen atoms in total. The highest BCUT2D eigenvalue weighted by Crippen LogP contribution is 2.32. The van der Waals surface area contributed by atoms with Crippen LogP contribution in [0.5, 0.6) is 5.75 Å². The first kappa shape index (κ1) is 19.0. The largest absolute Gasteiger partial charge is 0.484 e. The highest BCUT2D eigenvalue weighted by molar-refractivity contribution is 9.10. The summed E-state index contributed by atoms with van der Waals surface area (Å²) in [4.78, 5) is 19.1. The van der Waals surface area contributed by atoms with Crippen molar-refractivity contribution < 1.29 is 13.9 Å². The molecule has 0 N–H and O–H groups in total. The number of anilines is 1. The number of nitrogens with zero attached hydrogens (tertiary/aromatic N) is 2. The van der Waals surface area contributed by atoms with E-state index in [1.807, 2.05) is 24.3 Å². The van der Waals surface area contributed by atoms with E-state index >= 15 is 0 Å². The molecule has 0 unspecified atom stereocenters. The Hall–Kier alpha value is -2.35. The van der Waals surface area contributed by atoms with Crippen molar-refractivity contribution in [2.45, 2.75) is 6.54 Å². The number of hydrogen-bond donors (Lipinski definition) is 0. The summed E-state index contributed by atoms with van der Waals surface area (Å²) in [6.45, 7) is 0.152. The van der Waals surface area contributed by atoms with E-state index in [1.54, 1.807) is 41.5 Å². The van der Waals surface area contributed by atoms with Crippen LogP contribution in [0.2, 0.25) is 5.02 Å². The van der Waals surface area contributed by atoms with Gasteiger partial charge in [0.05, 0.1) is 23.0 Å². The molecule has 0 aliphatic heterocycles. The number of aromatic nitrogens is 1. The number of carbonyl (C=O) groups is 1. The van der Waals surface area contributed by atoms with Crippen LogP contribution in [0, 0.1) is 0 Å². The first-order valence-electron chi connectivity index (χ1n) is 8.36. The van der Waals surface area contributed by atoms with Gasteiger partial charge in [-0.2, -0.15) is 0 Å². The quantitative estimate of drug-likeness (QED) is 0.346. The molecule has 2 heterocycles. The zero-order valence-corrected chi connectivity index (χ0v) is 17.6. The van der Waals surface area contributed by atoms with E-state index in [0.717, 1.165) is 14.7 Å². The maximum atomic E-state index is 12.9. The van der Waals surface area contributed by atoms with Gasteiger partial charge in [-0.15, -0.1) is 0 Å². The predicted octanol–water partition coefficient (Wildman–Crippen LogP) is 5.92. The van der Waals surface area contributed by atoms with Gasteiger partial charge in [-0.1, -0.05) is 38.9 Å². The molecule has 0 aliphatic rings. The number of hydrogen-bond acceptors (Lipinski definition) is 5. The van der Waals surface area contributed by atoms with Crippen molar-refractivity contribution in [3.05, 3.63) is 76.1 Å². The maximum Gasteiger partial charge on any atom is 0.267 e. The lowest BCUT2D eigenvalue weighted by atomic mass is 10.3. The topological polar surface area (TPSA) is 55.6 Å². The number of amides is 1. The lowest BCUT2D eigenvalue weighted by Crippen LogP contribution is -2.34. The Morgan fingerprint density at radius 2 is 2.04 bits per heavy atom. The third-order valence-electron chi connectivity index (χ3n) is 3.94. The molecule has 4 rings (SSSR count). The van der Waals surface area contributed by atoms with Gasteiger partial charge in [-0.05, 0) is 54.6 Å². The van der Waals surface area contributed by atoms with Crippen LogP contribution in [0.15, 0.2) is 69.8 Å². The van der Waals surface area contributed by atoms with Gasteiger partial charge in [0.25, 0.3) is 5.91 Å². The molecule has 4 aromatic rings. The molecule has 0 spiro atoms. The summed E-state index contributed by atoms with van der Waals surface area (Å²) in [5, 5.41) is 1.20. The summed E-state index contributed by atoms with van der Waals surface area (Å²) in [5.41, 5.74) is 0.832. The van der Waals surface area contributed by atoms with Gasteiger partial charge in [0.15, 0.2) is 11.7 Å². The fourth-order valence-corrected chi connectivity index (χ4v) is 4.24. The van der Waals surface area contributed by atoms with Crippen LogP contribution < -0.4 is 9.64 Å². The molecule has 0 saturated carbocycles. The Balaban J connectivity index is 1.58. The van der Waals surface area contributed by atoms with Crippen molar-refractivity contribution in [2.24, 2.45) is 0 Å². The van der Waals surface area contributed by atoms with Crippen molar-refractivity contribution in [1.29, 1.82) is 0 Å². The molecule has 28 heavy (non-hydrogen) atoms. The zero-order chi connectivity index (χ0) is 19.5. The molecule has 2 aromatic heterocycles. The standard InChI is InChI=1S/C20H14BrClN2O3S/c21-13-3-8-17-18(10-13)28-20(23-17)24(11-16-2-1-9-26-16)19(25)12-27-15-6-4-14(22)5-7-15/h1-10H,11-12H2. The first-order chi connectivity index (χ1) is 13.6. The average molecular weight is 478 g/mol. The summed E-state index contributed by atoms with van der Waals surface area (Å²) in [6, 6.07) is 16.3. The number of thiazole rings is 1. The van der Waals surface area contributed by atoms with Crippen LogP contribution in [0.1, 0.15) is 5.76 Å². The minimum absolute atomic E-state index is 0.123. The molecule has 142 valence electrons. The fourth-order valence-electron chi connectivity index (χ4n) is 2.58. The van der Waals surface area contributed by atoms with Crippen LogP contribution in [0.4, 0.5) is 5.13 Å². The number of halogens is 2. The van der Waals surface area contributed by atoms with Crippen molar-refractivity contribution in [3.63, 3.8) is 0 Å². The number of carbonyl (C=O) groups excluding carboxylic acids is 1. The predicted molar refractivity (Wildman–Crippen MR) is 114 cm³/mol. The second-order valence-electron chi connectivity index (χ2n) is 5.91. The molecular formula is C20H14BrClN2O3S. The molecular weight excluding hydrogens is 464 g/mol. The molecule has 0 radical (unpaired) electrons. The highest BCUT2D eigenvalue weighted by atomic mass is 79.9. The van der Waals surface area contributed by atoms with Crippen LogP contribution in [-0.4, -0.2) is 17.5 Å². The van der Waals surface area contributed by atoms with Crippen LogP contribution in [0.25, 0.3) is 10.2 Å². The minimum Gasteiger partial charge on any atom is -0.484 e. The summed E-state index contributed by atoms with van der Waals surface area (Å²) in [5.74, 6) is 1.02. The van der Waals surface area contributed by atoms with Crippen molar-refractivity contribution in [2.75, 3.05) is 11.5 Å². The molecule has 0 saturated heterocycles. The first-order valence-corrected chi connectivity index (χ1v) is 10.3. The van der Waals surface area contributed by atoms with Crippen molar-refractivity contribution >= 4 is 60.1 Å². The van der Waals surface area contributed by atoms with Crippen molar-refractivity contribution in [1.82, 2.24) is 4.98 Å². The van der Waals surface area contributed by atoms with E-state index in [4.69, 9.17) is 20.8 Å². The van der Waals surface area contributed by atoms with Crippen LogP contribution in [0.3, 0.4) is 0 Å². The molecule has 1 amide bonds. The summed E-state index contributed by atoms with van der Waals surface area (Å²) >= 11 is 10.8. The summed E-state index contributed by atoms with van der Waals surface area (Å²) in [6.07, 6.45) is 1.58. The molecule has 0 fully saturated rings. The number of ether oxygens (including phenoxy) is 1. The van der Waals surface area contributed by atoms with E-state index in [1.165, 1.54) is 11.3 Å². The van der Waals surface area contributed by atoms with Gasteiger partial charge in [-0.25, -0.2) is 4.98 Å². The molecule has 2 aromatic carbocycles. The number of fused-ring (bicyclic) bond motifs is 1. The Morgan fingerprint density at radius 1 is 1.21 bits per heavy atom. The Bertz CT molecular complexity index is 1100. The second-order valence-corrected chi connectivity index (χ2v) is 8.27. The lowest BCUT2D eigenvalue weighted by molar-refractivity contribution is -0.120. The van der Waals surface area contributed by atoms with Gasteiger partial charge in [0.2, 0.25) is 0 Å².